The second-order valence-corrected chi connectivity index (χ2v) is 7.39. The smallest absolute Gasteiger partial charge is 0.0360 e. The van der Waals surface area contributed by atoms with Gasteiger partial charge in [0.05, 0.1) is 0 Å². The highest BCUT2D eigenvalue weighted by Crippen LogP contribution is 2.43. The minimum atomic E-state index is 1.08. The highest BCUT2D eigenvalue weighted by Gasteiger charge is 2.31. The fourth-order valence-corrected chi connectivity index (χ4v) is 5.01. The lowest BCUT2D eigenvalue weighted by molar-refractivity contribution is 0.120. The van der Waals surface area contributed by atoms with E-state index in [0.29, 0.717) is 0 Å². The number of rotatable bonds is 6. The topological polar surface area (TPSA) is 0 Å². The van der Waals surface area contributed by atoms with E-state index < -0.39 is 0 Å². The molecule has 0 heterocycles. The van der Waals surface area contributed by atoms with Crippen LogP contribution in [0.25, 0.3) is 0 Å². The molecule has 0 bridgehead atoms. The fourth-order valence-electron chi connectivity index (χ4n) is 5.01. The Hall–Kier alpha value is 0. The highest BCUT2D eigenvalue weighted by molar-refractivity contribution is 4.82. The summed E-state index contributed by atoms with van der Waals surface area (Å²) in [6.07, 6.45) is 19.7. The lowest BCUT2D eigenvalue weighted by Gasteiger charge is -2.39. The molecule has 0 aromatic carbocycles. The Morgan fingerprint density at radius 3 is 2.00 bits per heavy atom. The van der Waals surface area contributed by atoms with Gasteiger partial charge in [-0.05, 0) is 36.5 Å². The normalized spacial score (nSPS) is 31.3. The maximum Gasteiger partial charge on any atom is -0.0360 e. The average molecular weight is 264 g/mol. The monoisotopic (exact) mass is 264 g/mol. The summed E-state index contributed by atoms with van der Waals surface area (Å²) in [7, 11) is 0. The first-order valence-corrected chi connectivity index (χ1v) is 9.35. The fraction of sp³-hybridized carbons (Fsp3) is 1.00. The minimum Gasteiger partial charge on any atom is -0.0654 e. The van der Waals surface area contributed by atoms with Crippen LogP contribution in [0.3, 0.4) is 0 Å². The Kier molecular flexibility index (Phi) is 6.74. The molecule has 0 nitrogen and oxygen atoms in total. The van der Waals surface area contributed by atoms with Crippen LogP contribution in [0, 0.1) is 23.7 Å². The van der Waals surface area contributed by atoms with E-state index in [-0.39, 0.29) is 0 Å². The van der Waals surface area contributed by atoms with E-state index in [0.717, 1.165) is 23.7 Å². The second-order valence-electron chi connectivity index (χ2n) is 7.39. The van der Waals surface area contributed by atoms with Crippen molar-refractivity contribution in [1.82, 2.24) is 0 Å². The van der Waals surface area contributed by atoms with Gasteiger partial charge in [0.15, 0.2) is 0 Å². The summed E-state index contributed by atoms with van der Waals surface area (Å²) in [5, 5.41) is 0. The van der Waals surface area contributed by atoms with Gasteiger partial charge in [-0.25, -0.2) is 0 Å². The van der Waals surface area contributed by atoms with Crippen molar-refractivity contribution in [3.8, 4) is 0 Å². The Morgan fingerprint density at radius 1 is 0.789 bits per heavy atom. The predicted molar refractivity (Wildman–Crippen MR) is 85.3 cm³/mol. The standard InChI is InChI=1S/C19H36/c1-3-5-9-16-12-14-18(15-13-16)19(4-2)17-10-7-6-8-11-17/h16-19H,3-15H2,1-2H3. The van der Waals surface area contributed by atoms with Crippen LogP contribution in [0.5, 0.6) is 0 Å². The molecule has 0 aromatic heterocycles. The molecule has 2 fully saturated rings. The molecule has 0 radical (unpaired) electrons. The quantitative estimate of drug-likeness (QED) is 0.507. The molecule has 2 saturated carbocycles. The summed E-state index contributed by atoms with van der Waals surface area (Å²) in [5.74, 6) is 4.34. The van der Waals surface area contributed by atoms with Crippen molar-refractivity contribution < 1.29 is 0 Å². The van der Waals surface area contributed by atoms with Crippen LogP contribution in [-0.2, 0) is 0 Å². The van der Waals surface area contributed by atoms with E-state index in [9.17, 15) is 0 Å². The molecule has 2 rings (SSSR count). The van der Waals surface area contributed by atoms with Gasteiger partial charge in [-0.2, -0.15) is 0 Å². The maximum atomic E-state index is 2.46. The van der Waals surface area contributed by atoms with Gasteiger partial charge in [-0.3, -0.25) is 0 Å². The van der Waals surface area contributed by atoms with Gasteiger partial charge in [-0.1, -0.05) is 84.5 Å². The van der Waals surface area contributed by atoms with Gasteiger partial charge in [0.1, 0.15) is 0 Å². The van der Waals surface area contributed by atoms with Crippen LogP contribution >= 0.6 is 0 Å². The molecule has 2 aliphatic carbocycles. The van der Waals surface area contributed by atoms with E-state index in [1.54, 1.807) is 38.5 Å². The summed E-state index contributed by atoms with van der Waals surface area (Å²) in [6.45, 7) is 4.80. The molecular weight excluding hydrogens is 228 g/mol. The predicted octanol–water partition coefficient (Wildman–Crippen LogP) is 6.59. The SMILES string of the molecule is CCCCC1CCC(C(CC)C2CCCCC2)CC1. The molecule has 0 aromatic rings. The van der Waals surface area contributed by atoms with Crippen LogP contribution in [0.2, 0.25) is 0 Å². The Labute approximate surface area is 121 Å². The first-order chi connectivity index (χ1) is 9.35. The second kappa shape index (κ2) is 8.32. The summed E-state index contributed by atoms with van der Waals surface area (Å²) in [6, 6.07) is 0. The zero-order valence-corrected chi connectivity index (χ0v) is 13.5. The molecule has 2 aliphatic rings. The van der Waals surface area contributed by atoms with Crippen molar-refractivity contribution in [2.24, 2.45) is 23.7 Å². The molecular formula is C19H36. The molecule has 19 heavy (non-hydrogen) atoms. The molecule has 0 spiro atoms. The minimum absolute atomic E-state index is 1.08. The average Bonchev–Trinajstić information content (AvgIpc) is 2.48. The number of hydrogen-bond acceptors (Lipinski definition) is 0. The van der Waals surface area contributed by atoms with Crippen molar-refractivity contribution in [3.63, 3.8) is 0 Å². The summed E-state index contributed by atoms with van der Waals surface area (Å²) < 4.78 is 0. The summed E-state index contributed by atoms with van der Waals surface area (Å²) in [5.41, 5.74) is 0. The number of unbranched alkanes of at least 4 members (excludes halogenated alkanes) is 1. The van der Waals surface area contributed by atoms with Gasteiger partial charge >= 0.3 is 0 Å². The van der Waals surface area contributed by atoms with E-state index in [2.05, 4.69) is 13.8 Å². The first-order valence-electron chi connectivity index (χ1n) is 9.35. The molecule has 112 valence electrons. The third-order valence-electron chi connectivity index (χ3n) is 6.19. The van der Waals surface area contributed by atoms with Crippen molar-refractivity contribution >= 4 is 0 Å². The third-order valence-corrected chi connectivity index (χ3v) is 6.19. The lowest BCUT2D eigenvalue weighted by atomic mass is 9.67. The third kappa shape index (κ3) is 4.50. The lowest BCUT2D eigenvalue weighted by Crippen LogP contribution is -2.28. The molecule has 0 aliphatic heterocycles. The van der Waals surface area contributed by atoms with E-state index in [1.807, 2.05) is 0 Å². The molecule has 1 unspecified atom stereocenters. The van der Waals surface area contributed by atoms with E-state index in [4.69, 9.17) is 0 Å². The van der Waals surface area contributed by atoms with Crippen molar-refractivity contribution in [2.45, 2.75) is 97.3 Å². The van der Waals surface area contributed by atoms with Crippen LogP contribution in [0.1, 0.15) is 97.3 Å². The Morgan fingerprint density at radius 2 is 1.42 bits per heavy atom. The van der Waals surface area contributed by atoms with Gasteiger partial charge in [-0.15, -0.1) is 0 Å². The van der Waals surface area contributed by atoms with Gasteiger partial charge < -0.3 is 0 Å². The van der Waals surface area contributed by atoms with Crippen LogP contribution in [-0.4, -0.2) is 0 Å². The summed E-state index contributed by atoms with van der Waals surface area (Å²) >= 11 is 0. The van der Waals surface area contributed by atoms with E-state index in [1.165, 1.54) is 44.9 Å². The first kappa shape index (κ1) is 15.4. The van der Waals surface area contributed by atoms with Crippen molar-refractivity contribution in [3.05, 3.63) is 0 Å². The summed E-state index contributed by atoms with van der Waals surface area (Å²) in [4.78, 5) is 0. The van der Waals surface area contributed by atoms with Gasteiger partial charge in [0.2, 0.25) is 0 Å². The molecule has 1 atom stereocenters. The van der Waals surface area contributed by atoms with Gasteiger partial charge in [0, 0.05) is 0 Å². The van der Waals surface area contributed by atoms with Crippen molar-refractivity contribution in [1.29, 1.82) is 0 Å². The molecule has 0 saturated heterocycles. The van der Waals surface area contributed by atoms with Crippen LogP contribution < -0.4 is 0 Å². The molecule has 0 heteroatoms. The van der Waals surface area contributed by atoms with Gasteiger partial charge in [0.25, 0.3) is 0 Å². The largest absolute Gasteiger partial charge is 0.0654 e. The Balaban J connectivity index is 1.77. The number of hydrogen-bond donors (Lipinski definition) is 0. The Bertz CT molecular complexity index is 218. The zero-order chi connectivity index (χ0) is 13.5. The van der Waals surface area contributed by atoms with E-state index >= 15 is 0 Å². The zero-order valence-electron chi connectivity index (χ0n) is 13.5. The molecule has 0 amide bonds. The van der Waals surface area contributed by atoms with Crippen LogP contribution in [0.15, 0.2) is 0 Å². The van der Waals surface area contributed by atoms with Crippen molar-refractivity contribution in [2.75, 3.05) is 0 Å². The molecule has 0 N–H and O–H groups in total. The maximum absolute atomic E-state index is 2.46. The van der Waals surface area contributed by atoms with Crippen LogP contribution in [0.4, 0.5) is 0 Å². The highest BCUT2D eigenvalue weighted by atomic mass is 14.4.